The van der Waals surface area contributed by atoms with Gasteiger partial charge in [-0.1, -0.05) is 18.2 Å². The first-order valence-electron chi connectivity index (χ1n) is 13.4. The molecule has 3 aromatic rings. The van der Waals surface area contributed by atoms with E-state index in [1.807, 2.05) is 24.3 Å². The number of carboxylic acids is 1. The van der Waals surface area contributed by atoms with Gasteiger partial charge in [0.15, 0.2) is 0 Å². The molecule has 0 aliphatic rings. The highest BCUT2D eigenvalue weighted by molar-refractivity contribution is 5.95. The van der Waals surface area contributed by atoms with E-state index in [0.29, 0.717) is 25.1 Å². The van der Waals surface area contributed by atoms with Crippen LogP contribution in [-0.4, -0.2) is 85.7 Å². The van der Waals surface area contributed by atoms with Gasteiger partial charge in [0.05, 0.1) is 12.4 Å². The van der Waals surface area contributed by atoms with Crippen LogP contribution in [0.1, 0.15) is 37.4 Å². The summed E-state index contributed by atoms with van der Waals surface area (Å²) in [5, 5.41) is 28.1. The Bertz CT molecular complexity index is 1310. The van der Waals surface area contributed by atoms with Crippen molar-refractivity contribution >= 4 is 34.6 Å². The van der Waals surface area contributed by atoms with E-state index >= 15 is 0 Å². The summed E-state index contributed by atoms with van der Waals surface area (Å²) in [7, 11) is 0. The summed E-state index contributed by atoms with van der Waals surface area (Å²) >= 11 is 0. The van der Waals surface area contributed by atoms with E-state index in [9.17, 15) is 29.4 Å². The molecule has 14 heteroatoms. The fourth-order valence-corrected chi connectivity index (χ4v) is 4.34. The van der Waals surface area contributed by atoms with Crippen LogP contribution in [0.2, 0.25) is 0 Å². The molecular formula is C27H38N8O6. The molecule has 0 fully saturated rings. The van der Waals surface area contributed by atoms with E-state index in [2.05, 4.69) is 30.9 Å². The third-order valence-electron chi connectivity index (χ3n) is 6.73. The molecule has 41 heavy (non-hydrogen) atoms. The van der Waals surface area contributed by atoms with Gasteiger partial charge < -0.3 is 47.6 Å². The number of imidazole rings is 1. The van der Waals surface area contributed by atoms with Gasteiger partial charge in [0.25, 0.3) is 0 Å². The largest absolute Gasteiger partial charge is 0.480 e. The number of benzene rings is 1. The standard InChI is InChI=1S/C27H38N8O6/c1-15(36)23(29)26(39)34-21(10-16-12-31-19-7-3-2-6-18(16)19)25(38)33-20(8-4-5-9-28)24(37)35-22(27(40)41)11-17-13-30-14-32-17/h2-3,6-7,12-15,20-23,31,36H,4-5,8-11,28-29H2,1H3,(H,30,32)(H,33,38)(H,34,39)(H,35,37)(H,40,41). The first-order chi connectivity index (χ1) is 19.6. The maximum atomic E-state index is 13.6. The van der Waals surface area contributed by atoms with Crippen molar-refractivity contribution in [1.29, 1.82) is 0 Å². The fourth-order valence-electron chi connectivity index (χ4n) is 4.34. The second kappa shape index (κ2) is 14.9. The third kappa shape index (κ3) is 8.86. The van der Waals surface area contributed by atoms with E-state index in [1.54, 1.807) is 6.20 Å². The zero-order chi connectivity index (χ0) is 29.9. The van der Waals surface area contributed by atoms with Crippen LogP contribution in [0.5, 0.6) is 0 Å². The summed E-state index contributed by atoms with van der Waals surface area (Å²) in [6.45, 7) is 1.73. The summed E-state index contributed by atoms with van der Waals surface area (Å²) in [5.74, 6) is -3.36. The van der Waals surface area contributed by atoms with Gasteiger partial charge in [-0.25, -0.2) is 9.78 Å². The molecule has 0 spiro atoms. The lowest BCUT2D eigenvalue weighted by Gasteiger charge is -2.25. The lowest BCUT2D eigenvalue weighted by atomic mass is 10.0. The number of aliphatic hydroxyl groups excluding tert-OH is 1. The number of rotatable bonds is 16. The van der Waals surface area contributed by atoms with Crippen molar-refractivity contribution in [2.24, 2.45) is 11.5 Å². The number of carbonyl (C=O) groups is 4. The predicted octanol–water partition coefficient (Wildman–Crippen LogP) is -0.948. The molecule has 0 aliphatic heterocycles. The van der Waals surface area contributed by atoms with Crippen molar-refractivity contribution in [3.8, 4) is 0 Å². The molecule has 222 valence electrons. The Morgan fingerprint density at radius 2 is 1.63 bits per heavy atom. The predicted molar refractivity (Wildman–Crippen MR) is 150 cm³/mol. The first-order valence-corrected chi connectivity index (χ1v) is 13.4. The number of nitrogens with one attached hydrogen (secondary N) is 5. The molecule has 0 aliphatic carbocycles. The zero-order valence-corrected chi connectivity index (χ0v) is 22.8. The lowest BCUT2D eigenvalue weighted by Crippen LogP contribution is -2.58. The number of nitrogens with zero attached hydrogens (tertiary/aromatic N) is 1. The number of hydrogen-bond acceptors (Lipinski definition) is 8. The van der Waals surface area contributed by atoms with E-state index in [1.165, 1.54) is 19.4 Å². The number of H-pyrrole nitrogens is 2. The van der Waals surface area contributed by atoms with Crippen molar-refractivity contribution in [2.45, 2.75) is 69.3 Å². The Morgan fingerprint density at radius 3 is 2.29 bits per heavy atom. The molecule has 1 aromatic carbocycles. The van der Waals surface area contributed by atoms with Crippen molar-refractivity contribution in [3.05, 3.63) is 54.2 Å². The topological polar surface area (TPSA) is 241 Å². The van der Waals surface area contributed by atoms with Crippen molar-refractivity contribution < 1.29 is 29.4 Å². The van der Waals surface area contributed by atoms with Crippen molar-refractivity contribution in [1.82, 2.24) is 30.9 Å². The Labute approximate surface area is 236 Å². The molecule has 5 atom stereocenters. The summed E-state index contributed by atoms with van der Waals surface area (Å²) in [4.78, 5) is 61.2. The molecule has 2 aromatic heterocycles. The highest BCUT2D eigenvalue weighted by Gasteiger charge is 2.31. The van der Waals surface area contributed by atoms with E-state index in [4.69, 9.17) is 11.5 Å². The maximum absolute atomic E-state index is 13.6. The van der Waals surface area contributed by atoms with Crippen molar-refractivity contribution in [3.63, 3.8) is 0 Å². The molecule has 0 saturated carbocycles. The van der Waals surface area contributed by atoms with Crippen LogP contribution >= 0.6 is 0 Å². The van der Waals surface area contributed by atoms with Gasteiger partial charge in [0, 0.05) is 41.8 Å². The number of para-hydroxylation sites is 1. The van der Waals surface area contributed by atoms with Gasteiger partial charge in [-0.15, -0.1) is 0 Å². The number of nitrogens with two attached hydrogens (primary N) is 2. The summed E-state index contributed by atoms with van der Waals surface area (Å²) in [6, 6.07) is 2.62. The lowest BCUT2D eigenvalue weighted by molar-refractivity contribution is -0.142. The molecule has 11 N–H and O–H groups in total. The number of carboxylic acid groups (broad SMARTS) is 1. The molecule has 2 heterocycles. The number of hydrogen-bond donors (Lipinski definition) is 9. The Balaban J connectivity index is 1.82. The molecular weight excluding hydrogens is 532 g/mol. The van der Waals surface area contributed by atoms with Gasteiger partial charge in [0.2, 0.25) is 17.7 Å². The molecule has 0 saturated heterocycles. The monoisotopic (exact) mass is 570 g/mol. The van der Waals surface area contributed by atoms with Gasteiger partial charge in [-0.05, 0) is 44.4 Å². The molecule has 0 radical (unpaired) electrons. The number of aliphatic carboxylic acids is 1. The minimum absolute atomic E-state index is 0.0407. The summed E-state index contributed by atoms with van der Waals surface area (Å²) in [6.07, 6.45) is 4.69. The SMILES string of the molecule is CC(O)C(N)C(=O)NC(Cc1c[nH]c2ccccc12)C(=O)NC(CCCCN)C(=O)NC(Cc1cnc[nH]1)C(=O)O. The maximum Gasteiger partial charge on any atom is 0.326 e. The van der Waals surface area contributed by atoms with Crippen molar-refractivity contribution in [2.75, 3.05) is 6.54 Å². The minimum Gasteiger partial charge on any atom is -0.480 e. The molecule has 3 rings (SSSR count). The van der Waals surface area contributed by atoms with Crippen LogP contribution < -0.4 is 27.4 Å². The number of amides is 3. The number of aliphatic hydroxyl groups is 1. The van der Waals surface area contributed by atoms with Crippen LogP contribution in [0.4, 0.5) is 0 Å². The van der Waals surface area contributed by atoms with Gasteiger partial charge in [0.1, 0.15) is 24.2 Å². The van der Waals surface area contributed by atoms with Gasteiger partial charge in [-0.2, -0.15) is 0 Å². The zero-order valence-electron chi connectivity index (χ0n) is 22.8. The normalized spacial score (nSPS) is 14.9. The molecule has 3 amide bonds. The number of aromatic amines is 2. The van der Waals surface area contributed by atoms with Gasteiger partial charge >= 0.3 is 5.97 Å². The summed E-state index contributed by atoms with van der Waals surface area (Å²) in [5.41, 5.74) is 13.5. The molecule has 14 nitrogen and oxygen atoms in total. The minimum atomic E-state index is -1.28. The van der Waals surface area contributed by atoms with Crippen LogP contribution in [0.3, 0.4) is 0 Å². The Hall–Kier alpha value is -4.27. The summed E-state index contributed by atoms with van der Waals surface area (Å²) < 4.78 is 0. The highest BCUT2D eigenvalue weighted by Crippen LogP contribution is 2.19. The number of aromatic nitrogens is 3. The highest BCUT2D eigenvalue weighted by atomic mass is 16.4. The smallest absolute Gasteiger partial charge is 0.326 e. The van der Waals surface area contributed by atoms with Crippen LogP contribution in [0.25, 0.3) is 10.9 Å². The molecule has 5 unspecified atom stereocenters. The quantitative estimate of drug-likeness (QED) is 0.0963. The average molecular weight is 571 g/mol. The number of carbonyl (C=O) groups excluding carboxylic acids is 3. The second-order valence-electron chi connectivity index (χ2n) is 9.92. The van der Waals surface area contributed by atoms with E-state index in [0.717, 1.165) is 16.5 Å². The third-order valence-corrected chi connectivity index (χ3v) is 6.73. The number of unbranched alkanes of at least 4 members (excludes halogenated alkanes) is 1. The van der Waals surface area contributed by atoms with Crippen LogP contribution in [0, 0.1) is 0 Å². The van der Waals surface area contributed by atoms with Crippen LogP contribution in [0.15, 0.2) is 43.0 Å². The van der Waals surface area contributed by atoms with Gasteiger partial charge in [-0.3, -0.25) is 14.4 Å². The fraction of sp³-hybridized carbons (Fsp3) is 0.444. The number of fused-ring (bicyclic) bond motifs is 1. The van der Waals surface area contributed by atoms with Crippen LogP contribution in [-0.2, 0) is 32.0 Å². The Morgan fingerprint density at radius 1 is 0.951 bits per heavy atom. The van der Waals surface area contributed by atoms with E-state index in [-0.39, 0.29) is 19.3 Å². The van der Waals surface area contributed by atoms with E-state index < -0.39 is 54.0 Å². The molecule has 0 bridgehead atoms. The average Bonchev–Trinajstić information content (AvgIpc) is 3.61. The Kier molecular flexibility index (Phi) is 11.4. The second-order valence-corrected chi connectivity index (χ2v) is 9.92. The first kappa shape index (κ1) is 31.3.